The molecule has 0 saturated carbocycles. The second-order valence-corrected chi connectivity index (χ2v) is 8.04. The van der Waals surface area contributed by atoms with E-state index in [1.807, 2.05) is 31.2 Å². The van der Waals surface area contributed by atoms with Gasteiger partial charge in [0.05, 0.1) is 28.2 Å². The van der Waals surface area contributed by atoms with Crippen LogP contribution in [0.3, 0.4) is 0 Å². The number of methoxy groups -OCH3 is 1. The predicted molar refractivity (Wildman–Crippen MR) is 126 cm³/mol. The van der Waals surface area contributed by atoms with Gasteiger partial charge in [-0.2, -0.15) is 5.26 Å². The molecule has 1 heterocycles. The quantitative estimate of drug-likeness (QED) is 0.315. The van der Waals surface area contributed by atoms with Crippen LogP contribution in [0.1, 0.15) is 22.5 Å². The van der Waals surface area contributed by atoms with Gasteiger partial charge >= 0.3 is 0 Å². The summed E-state index contributed by atoms with van der Waals surface area (Å²) in [5.41, 5.74) is 4.32. The summed E-state index contributed by atoms with van der Waals surface area (Å²) in [6.45, 7) is 2.05. The second kappa shape index (κ2) is 9.25. The predicted octanol–water partition coefficient (Wildman–Crippen LogP) is 6.42. The molecular formula is C25H19BrFN3O2. The van der Waals surface area contributed by atoms with E-state index in [-0.39, 0.29) is 12.4 Å². The molecule has 0 bridgehead atoms. The highest BCUT2D eigenvalue weighted by Gasteiger charge is 2.14. The van der Waals surface area contributed by atoms with Crippen LogP contribution in [0.4, 0.5) is 4.39 Å². The van der Waals surface area contributed by atoms with Crippen molar-refractivity contribution in [3.05, 3.63) is 87.4 Å². The molecule has 1 aromatic heterocycles. The molecule has 0 spiro atoms. The monoisotopic (exact) mass is 491 g/mol. The molecule has 0 unspecified atom stereocenters. The number of aryl methyl sites for hydroxylation is 1. The van der Waals surface area contributed by atoms with Crippen molar-refractivity contribution in [2.75, 3.05) is 7.11 Å². The number of nitrogens with zero attached hydrogens (tertiary/aromatic N) is 2. The van der Waals surface area contributed by atoms with Gasteiger partial charge in [0.25, 0.3) is 0 Å². The van der Waals surface area contributed by atoms with E-state index in [0.717, 1.165) is 22.2 Å². The van der Waals surface area contributed by atoms with E-state index >= 15 is 0 Å². The summed E-state index contributed by atoms with van der Waals surface area (Å²) in [5, 5.41) is 9.73. The number of fused-ring (bicyclic) bond motifs is 1. The van der Waals surface area contributed by atoms with Gasteiger partial charge in [0.1, 0.15) is 24.3 Å². The number of nitrogens with one attached hydrogen (secondary N) is 1. The molecule has 1 N–H and O–H groups in total. The molecule has 0 amide bonds. The molecule has 0 aliphatic carbocycles. The third kappa shape index (κ3) is 4.51. The van der Waals surface area contributed by atoms with Gasteiger partial charge in [-0.25, -0.2) is 9.37 Å². The number of benzene rings is 3. The van der Waals surface area contributed by atoms with Crippen molar-refractivity contribution >= 4 is 38.6 Å². The average molecular weight is 492 g/mol. The van der Waals surface area contributed by atoms with E-state index in [4.69, 9.17) is 9.47 Å². The van der Waals surface area contributed by atoms with Gasteiger partial charge in [-0.15, -0.1) is 0 Å². The molecular weight excluding hydrogens is 473 g/mol. The van der Waals surface area contributed by atoms with E-state index < -0.39 is 0 Å². The number of ether oxygens (including phenoxy) is 2. The van der Waals surface area contributed by atoms with Gasteiger partial charge < -0.3 is 14.5 Å². The summed E-state index contributed by atoms with van der Waals surface area (Å²) in [6.07, 6.45) is 1.72. The lowest BCUT2D eigenvalue weighted by Gasteiger charge is -2.14. The van der Waals surface area contributed by atoms with Gasteiger partial charge in [0, 0.05) is 5.56 Å². The van der Waals surface area contributed by atoms with Crippen LogP contribution in [-0.4, -0.2) is 17.1 Å². The van der Waals surface area contributed by atoms with Gasteiger partial charge in [-0.1, -0.05) is 24.3 Å². The Hall–Kier alpha value is -3.63. The zero-order valence-electron chi connectivity index (χ0n) is 17.4. The number of imidazole rings is 1. The van der Waals surface area contributed by atoms with Crippen molar-refractivity contribution in [2.45, 2.75) is 13.5 Å². The summed E-state index contributed by atoms with van der Waals surface area (Å²) < 4.78 is 25.8. The second-order valence-electron chi connectivity index (χ2n) is 7.19. The maximum absolute atomic E-state index is 13.9. The Bertz CT molecular complexity index is 1370. The van der Waals surface area contributed by atoms with Crippen LogP contribution in [0.5, 0.6) is 11.5 Å². The summed E-state index contributed by atoms with van der Waals surface area (Å²) in [7, 11) is 1.53. The Morgan fingerprint density at radius 2 is 2.03 bits per heavy atom. The number of rotatable bonds is 6. The number of hydrogen-bond donors (Lipinski definition) is 1. The normalized spacial score (nSPS) is 11.4. The smallest absolute Gasteiger partial charge is 0.175 e. The van der Waals surface area contributed by atoms with Crippen LogP contribution in [-0.2, 0) is 6.61 Å². The van der Waals surface area contributed by atoms with Crippen molar-refractivity contribution in [1.29, 1.82) is 5.26 Å². The maximum Gasteiger partial charge on any atom is 0.175 e. The van der Waals surface area contributed by atoms with Crippen LogP contribution in [0, 0.1) is 24.1 Å². The highest BCUT2D eigenvalue weighted by atomic mass is 79.9. The Morgan fingerprint density at radius 1 is 1.22 bits per heavy atom. The van der Waals surface area contributed by atoms with E-state index in [0.29, 0.717) is 32.9 Å². The van der Waals surface area contributed by atoms with Crippen molar-refractivity contribution in [3.8, 4) is 17.6 Å². The molecule has 32 heavy (non-hydrogen) atoms. The lowest BCUT2D eigenvalue weighted by atomic mass is 10.1. The third-order valence-electron chi connectivity index (χ3n) is 4.91. The molecule has 0 fully saturated rings. The Balaban J connectivity index is 1.65. The minimum Gasteiger partial charge on any atom is -0.493 e. The number of halogens is 2. The summed E-state index contributed by atoms with van der Waals surface area (Å²) in [4.78, 5) is 7.73. The van der Waals surface area contributed by atoms with Crippen LogP contribution >= 0.6 is 15.9 Å². The van der Waals surface area contributed by atoms with Crippen LogP contribution in [0.25, 0.3) is 22.7 Å². The number of allylic oxidation sites excluding steroid dienone is 1. The number of aromatic amines is 1. The van der Waals surface area contributed by atoms with Gasteiger partial charge in [-0.3, -0.25) is 0 Å². The Labute approximate surface area is 193 Å². The van der Waals surface area contributed by atoms with E-state index in [2.05, 4.69) is 32.0 Å². The minimum atomic E-state index is -0.332. The molecule has 0 radical (unpaired) electrons. The zero-order chi connectivity index (χ0) is 22.7. The maximum atomic E-state index is 13.9. The Morgan fingerprint density at radius 3 is 2.78 bits per heavy atom. The van der Waals surface area contributed by atoms with Crippen molar-refractivity contribution < 1.29 is 13.9 Å². The molecule has 0 atom stereocenters. The molecule has 7 heteroatoms. The summed E-state index contributed by atoms with van der Waals surface area (Å²) >= 11 is 3.50. The fourth-order valence-electron chi connectivity index (χ4n) is 3.30. The Kier molecular flexibility index (Phi) is 6.24. The fraction of sp³-hybridized carbons (Fsp3) is 0.120. The lowest BCUT2D eigenvalue weighted by Crippen LogP contribution is -2.01. The molecule has 5 nitrogen and oxygen atoms in total. The van der Waals surface area contributed by atoms with Gasteiger partial charge in [-0.05, 0) is 70.4 Å². The standard InChI is InChI=1S/C25H19BrFN3O2/c1-15-7-8-21-22(9-15)30-25(29-21)18(13-28)10-16-11-19(26)24(23(12-16)31-2)32-14-17-5-3-4-6-20(17)27/h3-12H,14H2,1-2H3,(H,29,30)/b18-10-. The first-order chi connectivity index (χ1) is 15.5. The van der Waals surface area contributed by atoms with E-state index in [9.17, 15) is 9.65 Å². The average Bonchev–Trinajstić information content (AvgIpc) is 3.20. The molecule has 160 valence electrons. The van der Waals surface area contributed by atoms with Crippen molar-refractivity contribution in [2.24, 2.45) is 0 Å². The van der Waals surface area contributed by atoms with Crippen molar-refractivity contribution in [3.63, 3.8) is 0 Å². The van der Waals surface area contributed by atoms with Crippen LogP contribution in [0.2, 0.25) is 0 Å². The lowest BCUT2D eigenvalue weighted by molar-refractivity contribution is 0.278. The minimum absolute atomic E-state index is 0.0542. The van der Waals surface area contributed by atoms with Crippen LogP contribution in [0.15, 0.2) is 59.1 Å². The molecule has 0 saturated heterocycles. The van der Waals surface area contributed by atoms with E-state index in [1.165, 1.54) is 13.2 Å². The molecule has 0 aliphatic rings. The highest BCUT2D eigenvalue weighted by Crippen LogP contribution is 2.38. The molecule has 3 aromatic carbocycles. The number of nitriles is 1. The van der Waals surface area contributed by atoms with Crippen molar-refractivity contribution in [1.82, 2.24) is 9.97 Å². The number of aromatic nitrogens is 2. The molecule has 0 aliphatic heterocycles. The third-order valence-corrected chi connectivity index (χ3v) is 5.49. The largest absolute Gasteiger partial charge is 0.493 e. The molecule has 4 rings (SSSR count). The highest BCUT2D eigenvalue weighted by molar-refractivity contribution is 9.10. The SMILES string of the molecule is COc1cc(/C=C(/C#N)c2nc3ccc(C)cc3[nH]2)cc(Br)c1OCc1ccccc1F. The molecule has 4 aromatic rings. The first-order valence-electron chi connectivity index (χ1n) is 9.80. The first-order valence-corrected chi connectivity index (χ1v) is 10.6. The first kappa shape index (κ1) is 21.6. The number of H-pyrrole nitrogens is 1. The van der Waals surface area contributed by atoms with E-state index in [1.54, 1.807) is 30.3 Å². The summed E-state index contributed by atoms with van der Waals surface area (Å²) in [6, 6.07) is 18.1. The fourth-order valence-corrected chi connectivity index (χ4v) is 3.87. The number of hydrogen-bond acceptors (Lipinski definition) is 4. The summed E-state index contributed by atoms with van der Waals surface area (Å²) in [5.74, 6) is 1.06. The van der Waals surface area contributed by atoms with Gasteiger partial charge in [0.2, 0.25) is 0 Å². The van der Waals surface area contributed by atoms with Gasteiger partial charge in [0.15, 0.2) is 11.5 Å². The van der Waals surface area contributed by atoms with Crippen LogP contribution < -0.4 is 9.47 Å². The topological polar surface area (TPSA) is 70.9 Å². The zero-order valence-corrected chi connectivity index (χ0v) is 19.0.